The predicted molar refractivity (Wildman–Crippen MR) is 61.1 cm³/mol. The van der Waals surface area contributed by atoms with Gasteiger partial charge in [-0.1, -0.05) is 25.0 Å². The van der Waals surface area contributed by atoms with E-state index in [0.717, 1.165) is 11.8 Å². The highest BCUT2D eigenvalue weighted by Gasteiger charge is 2.23. The monoisotopic (exact) mass is 196 g/mol. The van der Waals surface area contributed by atoms with Gasteiger partial charge in [-0.3, -0.25) is 0 Å². The summed E-state index contributed by atoms with van der Waals surface area (Å²) in [6.07, 6.45) is 13.6. The summed E-state index contributed by atoms with van der Waals surface area (Å²) in [6.45, 7) is 0. The van der Waals surface area contributed by atoms with Crippen LogP contribution < -0.4 is 0 Å². The van der Waals surface area contributed by atoms with Crippen molar-refractivity contribution in [2.45, 2.75) is 38.5 Å². The molecule has 0 saturated heterocycles. The number of allylic oxidation sites excluding steroid dienone is 1. The molecule has 2 unspecified atom stereocenters. The van der Waals surface area contributed by atoms with E-state index >= 15 is 0 Å². The maximum Gasteiger partial charge on any atom is 0.0113 e. The summed E-state index contributed by atoms with van der Waals surface area (Å²) in [5.74, 6) is 4.81. The molecule has 0 nitrogen and oxygen atoms in total. The molecule has 1 fully saturated rings. The molecule has 0 amide bonds. The Morgan fingerprint density at radius 1 is 1.00 bits per heavy atom. The fourth-order valence-electron chi connectivity index (χ4n) is 2.61. The Morgan fingerprint density at radius 3 is 2.92 bits per heavy atom. The maximum atomic E-state index is 2.38. The largest absolute Gasteiger partial charge is 0.158 e. The fourth-order valence-corrected chi connectivity index (χ4v) is 3.65. The summed E-state index contributed by atoms with van der Waals surface area (Å²) in [7, 11) is 0. The van der Waals surface area contributed by atoms with Crippen LogP contribution in [0.25, 0.3) is 0 Å². The molecule has 13 heavy (non-hydrogen) atoms. The Bertz CT molecular complexity index is 156. The van der Waals surface area contributed by atoms with Crippen LogP contribution in [-0.2, 0) is 0 Å². The van der Waals surface area contributed by atoms with Gasteiger partial charge >= 0.3 is 0 Å². The molecular weight excluding hydrogens is 176 g/mol. The molecule has 0 radical (unpaired) electrons. The van der Waals surface area contributed by atoms with Crippen LogP contribution in [0.3, 0.4) is 0 Å². The summed E-state index contributed by atoms with van der Waals surface area (Å²) in [5.41, 5.74) is 0. The van der Waals surface area contributed by atoms with Crippen LogP contribution in [0, 0.1) is 11.8 Å². The van der Waals surface area contributed by atoms with E-state index in [-0.39, 0.29) is 0 Å². The summed E-state index contributed by atoms with van der Waals surface area (Å²) in [6, 6.07) is 0. The third kappa shape index (κ3) is 3.05. The van der Waals surface area contributed by atoms with Gasteiger partial charge in [0.05, 0.1) is 0 Å². The van der Waals surface area contributed by atoms with Gasteiger partial charge in [-0.15, -0.1) is 0 Å². The summed E-state index contributed by atoms with van der Waals surface area (Å²) < 4.78 is 0. The average molecular weight is 196 g/mol. The molecular formula is C12H20S. The molecule has 2 atom stereocenters. The van der Waals surface area contributed by atoms with Crippen LogP contribution in [0.1, 0.15) is 38.5 Å². The van der Waals surface area contributed by atoms with E-state index in [1.54, 1.807) is 0 Å². The molecule has 0 aromatic rings. The molecule has 1 saturated carbocycles. The average Bonchev–Trinajstić information content (AvgIpc) is 2.52. The van der Waals surface area contributed by atoms with Crippen LogP contribution in [0.5, 0.6) is 0 Å². The molecule has 1 aliphatic carbocycles. The maximum absolute atomic E-state index is 2.38. The van der Waals surface area contributed by atoms with Crippen molar-refractivity contribution in [2.75, 3.05) is 11.5 Å². The summed E-state index contributed by atoms with van der Waals surface area (Å²) in [4.78, 5) is 0. The summed E-state index contributed by atoms with van der Waals surface area (Å²) in [5, 5.41) is 0. The molecule has 0 N–H and O–H groups in total. The fraction of sp³-hybridized carbons (Fsp3) is 0.833. The molecule has 74 valence electrons. The van der Waals surface area contributed by atoms with Crippen LogP contribution in [0.2, 0.25) is 0 Å². The van der Waals surface area contributed by atoms with Crippen molar-refractivity contribution in [3.05, 3.63) is 12.2 Å². The number of hydrogen-bond donors (Lipinski definition) is 0. The first-order chi connectivity index (χ1) is 6.45. The third-order valence-electron chi connectivity index (χ3n) is 3.37. The van der Waals surface area contributed by atoms with Gasteiger partial charge in [0.1, 0.15) is 0 Å². The highest BCUT2D eigenvalue weighted by atomic mass is 32.2. The van der Waals surface area contributed by atoms with Crippen molar-refractivity contribution in [3.63, 3.8) is 0 Å². The molecule has 1 aliphatic heterocycles. The van der Waals surface area contributed by atoms with E-state index in [0.29, 0.717) is 0 Å². The molecule has 1 heteroatoms. The molecule has 0 aromatic heterocycles. The van der Waals surface area contributed by atoms with Crippen molar-refractivity contribution >= 4 is 11.8 Å². The van der Waals surface area contributed by atoms with Crippen molar-refractivity contribution in [1.29, 1.82) is 0 Å². The minimum Gasteiger partial charge on any atom is -0.158 e. The van der Waals surface area contributed by atoms with E-state index < -0.39 is 0 Å². The van der Waals surface area contributed by atoms with E-state index in [4.69, 9.17) is 0 Å². The Balaban J connectivity index is 1.85. The minimum absolute atomic E-state index is 1.06. The predicted octanol–water partition coefficient (Wildman–Crippen LogP) is 3.88. The Morgan fingerprint density at radius 2 is 1.92 bits per heavy atom. The third-order valence-corrected chi connectivity index (χ3v) is 4.50. The lowest BCUT2D eigenvalue weighted by Gasteiger charge is -2.09. The Labute approximate surface area is 86.2 Å². The van der Waals surface area contributed by atoms with Crippen LogP contribution >= 0.6 is 11.8 Å². The van der Waals surface area contributed by atoms with E-state index in [1.807, 2.05) is 0 Å². The first-order valence-corrected chi connectivity index (χ1v) is 6.83. The van der Waals surface area contributed by atoms with Gasteiger partial charge in [-0.2, -0.15) is 11.8 Å². The van der Waals surface area contributed by atoms with Gasteiger partial charge in [-0.25, -0.2) is 0 Å². The van der Waals surface area contributed by atoms with Crippen molar-refractivity contribution in [3.8, 4) is 0 Å². The first-order valence-electron chi connectivity index (χ1n) is 5.68. The normalized spacial score (nSPS) is 35.7. The van der Waals surface area contributed by atoms with Gasteiger partial charge in [0.15, 0.2) is 0 Å². The van der Waals surface area contributed by atoms with E-state index in [1.165, 1.54) is 50.0 Å². The molecule has 2 bridgehead atoms. The highest BCUT2D eigenvalue weighted by Crippen LogP contribution is 2.36. The standard InChI is InChI=1S/C12H20S/c1-2-4-8-13-10-12-7-6-11(9-12)5-3-1/h2,4,11-12H,1,3,5-10H2. The molecule has 0 spiro atoms. The van der Waals surface area contributed by atoms with Crippen molar-refractivity contribution in [1.82, 2.24) is 0 Å². The second-order valence-electron chi connectivity index (χ2n) is 4.48. The lowest BCUT2D eigenvalue weighted by Crippen LogP contribution is -1.99. The molecule has 2 aliphatic rings. The van der Waals surface area contributed by atoms with Gasteiger partial charge in [0, 0.05) is 5.75 Å². The van der Waals surface area contributed by atoms with Crippen molar-refractivity contribution in [2.24, 2.45) is 11.8 Å². The van der Waals surface area contributed by atoms with E-state index in [2.05, 4.69) is 23.9 Å². The number of rotatable bonds is 0. The summed E-state index contributed by atoms with van der Waals surface area (Å²) >= 11 is 2.13. The SMILES string of the molecule is C1=CCSCC2CCC(CCC1)C2. The van der Waals surface area contributed by atoms with Gasteiger partial charge in [-0.05, 0) is 43.3 Å². The van der Waals surface area contributed by atoms with Crippen LogP contribution in [-0.4, -0.2) is 11.5 Å². The second kappa shape index (κ2) is 5.09. The molecule has 2 rings (SSSR count). The lowest BCUT2D eigenvalue weighted by molar-refractivity contribution is 0.468. The quantitative estimate of drug-likeness (QED) is 0.530. The first kappa shape index (κ1) is 9.64. The minimum atomic E-state index is 1.06. The number of thioether (sulfide) groups is 1. The molecule has 1 heterocycles. The van der Waals surface area contributed by atoms with Crippen LogP contribution in [0.4, 0.5) is 0 Å². The number of hydrogen-bond acceptors (Lipinski definition) is 1. The highest BCUT2D eigenvalue weighted by molar-refractivity contribution is 7.99. The van der Waals surface area contributed by atoms with Crippen molar-refractivity contribution < 1.29 is 0 Å². The Hall–Kier alpha value is 0.0900. The van der Waals surface area contributed by atoms with Gasteiger partial charge < -0.3 is 0 Å². The zero-order chi connectivity index (χ0) is 8.93. The number of fused-ring (bicyclic) bond motifs is 2. The molecule has 0 aromatic carbocycles. The van der Waals surface area contributed by atoms with Crippen LogP contribution in [0.15, 0.2) is 12.2 Å². The van der Waals surface area contributed by atoms with E-state index in [9.17, 15) is 0 Å². The Kier molecular flexibility index (Phi) is 3.77. The zero-order valence-electron chi connectivity index (χ0n) is 8.37. The van der Waals surface area contributed by atoms with Gasteiger partial charge in [0.2, 0.25) is 0 Å². The zero-order valence-corrected chi connectivity index (χ0v) is 9.19. The topological polar surface area (TPSA) is 0 Å². The smallest absolute Gasteiger partial charge is 0.0113 e. The van der Waals surface area contributed by atoms with Gasteiger partial charge in [0.25, 0.3) is 0 Å². The lowest BCUT2D eigenvalue weighted by atomic mass is 9.99. The second-order valence-corrected chi connectivity index (χ2v) is 5.56.